The minimum Gasteiger partial charge on any atom is -0.363 e. The van der Waals surface area contributed by atoms with Gasteiger partial charge in [-0.25, -0.2) is 9.78 Å². The fourth-order valence-corrected chi connectivity index (χ4v) is 4.04. The molecule has 1 saturated heterocycles. The number of H-pyrrole nitrogens is 1. The number of hydrogen-bond donors (Lipinski definition) is 2. The molecule has 140 valence electrons. The van der Waals surface area contributed by atoms with Crippen LogP contribution in [0.1, 0.15) is 12.6 Å². The molecule has 2 aliphatic heterocycles. The van der Waals surface area contributed by atoms with E-state index in [0.717, 1.165) is 28.0 Å². The first-order valence-electron chi connectivity index (χ1n) is 8.98. The van der Waals surface area contributed by atoms with Crippen molar-refractivity contribution in [2.45, 2.75) is 19.1 Å². The summed E-state index contributed by atoms with van der Waals surface area (Å²) in [7, 11) is 0. The van der Waals surface area contributed by atoms with Crippen LogP contribution >= 0.6 is 11.6 Å². The summed E-state index contributed by atoms with van der Waals surface area (Å²) in [5.74, 6) is 0. The highest BCUT2D eigenvalue weighted by Gasteiger charge is 2.51. The van der Waals surface area contributed by atoms with E-state index >= 15 is 0 Å². The molecule has 0 aliphatic carbocycles. The molecule has 5 rings (SSSR count). The van der Waals surface area contributed by atoms with Crippen LogP contribution in [-0.4, -0.2) is 56.9 Å². The summed E-state index contributed by atoms with van der Waals surface area (Å²) in [6.45, 7) is 4.86. The average Bonchev–Trinajstić information content (AvgIpc) is 3.23. The quantitative estimate of drug-likeness (QED) is 0.707. The molecule has 1 spiro atoms. The lowest BCUT2D eigenvalue weighted by atomic mass is 9.88. The Morgan fingerprint density at radius 3 is 3.11 bits per heavy atom. The molecule has 1 fully saturated rings. The Morgan fingerprint density at radius 1 is 1.44 bits per heavy atom. The number of rotatable bonds is 2. The topological polar surface area (TPSA) is 88.1 Å². The van der Waals surface area contributed by atoms with Crippen LogP contribution in [0.5, 0.6) is 0 Å². The number of carbonyl (C=O) groups is 1. The fraction of sp³-hybridized carbons (Fsp3) is 0.389. The third-order valence-electron chi connectivity index (χ3n) is 5.21. The van der Waals surface area contributed by atoms with Crippen LogP contribution in [-0.2, 0) is 16.9 Å². The lowest BCUT2D eigenvalue weighted by Crippen LogP contribution is -2.66. The number of fused-ring (bicyclic) bond motifs is 3. The maximum atomic E-state index is 12.0. The van der Waals surface area contributed by atoms with Crippen LogP contribution in [0.3, 0.4) is 0 Å². The van der Waals surface area contributed by atoms with E-state index in [1.807, 2.05) is 23.7 Å². The molecular weight excluding hydrogens is 368 g/mol. The minimum absolute atomic E-state index is 0.0552. The second kappa shape index (κ2) is 5.97. The summed E-state index contributed by atoms with van der Waals surface area (Å²) >= 11 is 6.22. The van der Waals surface area contributed by atoms with Gasteiger partial charge < -0.3 is 19.9 Å². The molecule has 0 saturated carbocycles. The zero-order valence-electron chi connectivity index (χ0n) is 14.8. The molecule has 3 aromatic rings. The highest BCUT2D eigenvalue weighted by Crippen LogP contribution is 2.40. The third-order valence-corrected chi connectivity index (χ3v) is 5.53. The Morgan fingerprint density at radius 2 is 2.30 bits per heavy atom. The van der Waals surface area contributed by atoms with Crippen molar-refractivity contribution >= 4 is 28.7 Å². The summed E-state index contributed by atoms with van der Waals surface area (Å²) in [6.07, 6.45) is 3.52. The Labute approximate surface area is 160 Å². The monoisotopic (exact) mass is 386 g/mol. The van der Waals surface area contributed by atoms with Crippen LogP contribution < -0.4 is 5.32 Å². The maximum Gasteiger partial charge on any atom is 0.317 e. The molecule has 0 bridgehead atoms. The molecule has 27 heavy (non-hydrogen) atoms. The van der Waals surface area contributed by atoms with Gasteiger partial charge in [0, 0.05) is 29.9 Å². The van der Waals surface area contributed by atoms with Crippen LogP contribution in [0.15, 0.2) is 24.5 Å². The highest BCUT2D eigenvalue weighted by molar-refractivity contribution is 6.35. The van der Waals surface area contributed by atoms with E-state index < -0.39 is 5.60 Å². The second-order valence-electron chi connectivity index (χ2n) is 6.93. The number of urea groups is 1. The number of halogens is 1. The first-order valence-corrected chi connectivity index (χ1v) is 9.35. The lowest BCUT2D eigenvalue weighted by molar-refractivity contribution is -0.155. The van der Waals surface area contributed by atoms with Crippen molar-refractivity contribution in [1.29, 1.82) is 0 Å². The molecule has 2 N–H and O–H groups in total. The molecule has 0 atom stereocenters. The van der Waals surface area contributed by atoms with E-state index in [1.54, 1.807) is 17.3 Å². The van der Waals surface area contributed by atoms with E-state index in [-0.39, 0.29) is 6.03 Å². The molecule has 0 aromatic carbocycles. The number of likely N-dealkylation sites (tertiary alicyclic amines) is 1. The van der Waals surface area contributed by atoms with E-state index in [1.165, 1.54) is 0 Å². The smallest absolute Gasteiger partial charge is 0.317 e. The summed E-state index contributed by atoms with van der Waals surface area (Å²) < 4.78 is 8.07. The largest absolute Gasteiger partial charge is 0.363 e. The van der Waals surface area contributed by atoms with E-state index in [4.69, 9.17) is 21.4 Å². The molecule has 2 aliphatic rings. The number of nitrogens with one attached hydrogen (secondary N) is 2. The Hall–Kier alpha value is -2.58. The van der Waals surface area contributed by atoms with Crippen LogP contribution in [0, 0.1) is 0 Å². The van der Waals surface area contributed by atoms with Gasteiger partial charge in [-0.3, -0.25) is 4.68 Å². The summed E-state index contributed by atoms with van der Waals surface area (Å²) in [5.41, 5.74) is 3.02. The van der Waals surface area contributed by atoms with Crippen molar-refractivity contribution in [2.24, 2.45) is 0 Å². The van der Waals surface area contributed by atoms with Gasteiger partial charge in [0.2, 0.25) is 0 Å². The van der Waals surface area contributed by atoms with Crippen molar-refractivity contribution in [3.8, 4) is 11.3 Å². The predicted molar refractivity (Wildman–Crippen MR) is 101 cm³/mol. The normalized spacial score (nSPS) is 17.8. The number of aromatic amines is 1. The van der Waals surface area contributed by atoms with Gasteiger partial charge in [0.1, 0.15) is 11.2 Å². The van der Waals surface area contributed by atoms with Crippen LogP contribution in [0.4, 0.5) is 4.79 Å². The SMILES string of the molecule is CCNC(=O)N1CC2(C1)OCCn1nc(-c3cnc4[nH]cc(Cl)c4c3)cc12. The number of amides is 2. The number of nitrogens with zero attached hydrogens (tertiary/aromatic N) is 4. The molecule has 9 heteroatoms. The van der Waals surface area contributed by atoms with E-state index in [0.29, 0.717) is 37.8 Å². The standard InChI is InChI=1S/C18H19ClN6O2/c1-2-20-17(26)24-9-18(10-24)15-6-14(23-25(15)3-4-27-18)11-5-12-13(19)8-22-16(12)21-7-11/h5-8H,2-4,9-10H2,1H3,(H,20,26)(H,21,22). The first-order chi connectivity index (χ1) is 13.1. The zero-order valence-corrected chi connectivity index (χ0v) is 15.6. The third kappa shape index (κ3) is 2.51. The fourth-order valence-electron chi connectivity index (χ4n) is 3.84. The summed E-state index contributed by atoms with van der Waals surface area (Å²) in [4.78, 5) is 21.3. The molecule has 0 radical (unpaired) electrons. The van der Waals surface area contributed by atoms with Crippen molar-refractivity contribution in [3.05, 3.63) is 35.2 Å². The summed E-state index contributed by atoms with van der Waals surface area (Å²) in [6, 6.07) is 3.97. The van der Waals surface area contributed by atoms with Crippen LogP contribution in [0.25, 0.3) is 22.3 Å². The second-order valence-corrected chi connectivity index (χ2v) is 7.34. The van der Waals surface area contributed by atoms with Crippen molar-refractivity contribution in [2.75, 3.05) is 26.2 Å². The van der Waals surface area contributed by atoms with Gasteiger partial charge in [0.15, 0.2) is 0 Å². The van der Waals surface area contributed by atoms with Gasteiger partial charge in [-0.2, -0.15) is 5.10 Å². The molecule has 0 unspecified atom stereocenters. The molecule has 2 amide bonds. The molecule has 8 nitrogen and oxygen atoms in total. The summed E-state index contributed by atoms with van der Waals surface area (Å²) in [5, 5.41) is 9.09. The Balaban J connectivity index is 1.47. The van der Waals surface area contributed by atoms with Crippen molar-refractivity contribution < 1.29 is 9.53 Å². The van der Waals surface area contributed by atoms with Gasteiger partial charge in [0.25, 0.3) is 0 Å². The van der Waals surface area contributed by atoms with E-state index in [9.17, 15) is 4.79 Å². The highest BCUT2D eigenvalue weighted by atomic mass is 35.5. The van der Waals surface area contributed by atoms with E-state index in [2.05, 4.69) is 15.3 Å². The predicted octanol–water partition coefficient (Wildman–Crippen LogP) is 2.35. The maximum absolute atomic E-state index is 12.0. The number of pyridine rings is 1. The first kappa shape index (κ1) is 16.6. The van der Waals surface area contributed by atoms with Gasteiger partial charge in [-0.15, -0.1) is 0 Å². The Bertz CT molecular complexity index is 1040. The van der Waals surface area contributed by atoms with Crippen LogP contribution in [0.2, 0.25) is 5.02 Å². The van der Waals surface area contributed by atoms with Gasteiger partial charge in [0.05, 0.1) is 42.7 Å². The van der Waals surface area contributed by atoms with Crippen molar-refractivity contribution in [1.82, 2.24) is 30.0 Å². The average molecular weight is 387 g/mol. The number of carbonyl (C=O) groups excluding carboxylic acids is 1. The van der Waals surface area contributed by atoms with Gasteiger partial charge in [-0.05, 0) is 19.1 Å². The van der Waals surface area contributed by atoms with Gasteiger partial charge >= 0.3 is 6.03 Å². The number of aromatic nitrogens is 4. The minimum atomic E-state index is -0.474. The molecule has 5 heterocycles. The molecule has 3 aromatic heterocycles. The lowest BCUT2D eigenvalue weighted by Gasteiger charge is -2.50. The number of hydrogen-bond acceptors (Lipinski definition) is 4. The van der Waals surface area contributed by atoms with Gasteiger partial charge in [-0.1, -0.05) is 11.6 Å². The number of ether oxygens (including phenoxy) is 1. The Kier molecular flexibility index (Phi) is 3.66. The molecular formula is C18H19ClN6O2. The van der Waals surface area contributed by atoms with Crippen molar-refractivity contribution in [3.63, 3.8) is 0 Å². The zero-order chi connectivity index (χ0) is 18.6.